The number of fused-ring (bicyclic) bond motifs is 1. The van der Waals surface area contributed by atoms with Crippen LogP contribution in [0.25, 0.3) is 10.9 Å². The van der Waals surface area contributed by atoms with Crippen LogP contribution in [0, 0.1) is 0 Å². The highest BCUT2D eigenvalue weighted by molar-refractivity contribution is 9.10. The number of benzene rings is 2. The van der Waals surface area contributed by atoms with Crippen LogP contribution >= 0.6 is 15.9 Å². The number of nitrogens with one attached hydrogen (secondary N) is 2. The molecular weight excluding hydrogens is 408 g/mol. The lowest BCUT2D eigenvalue weighted by molar-refractivity contribution is -0.121. The summed E-state index contributed by atoms with van der Waals surface area (Å²) in [4.78, 5) is 15.5. The van der Waals surface area contributed by atoms with Crippen molar-refractivity contribution in [3.05, 3.63) is 58.2 Å². The molecule has 0 spiro atoms. The quantitative estimate of drug-likeness (QED) is 0.561. The van der Waals surface area contributed by atoms with E-state index in [0.717, 1.165) is 22.0 Å². The van der Waals surface area contributed by atoms with Gasteiger partial charge in [0.05, 0.1) is 14.2 Å². The molecule has 0 aliphatic heterocycles. The van der Waals surface area contributed by atoms with E-state index in [4.69, 9.17) is 9.47 Å². The van der Waals surface area contributed by atoms with Gasteiger partial charge in [-0.15, -0.1) is 0 Å². The fourth-order valence-corrected chi connectivity index (χ4v) is 3.62. The third kappa shape index (κ3) is 4.63. The van der Waals surface area contributed by atoms with E-state index in [9.17, 15) is 4.79 Å². The van der Waals surface area contributed by atoms with E-state index in [-0.39, 0.29) is 5.91 Å². The van der Waals surface area contributed by atoms with Crippen molar-refractivity contribution in [2.75, 3.05) is 20.8 Å². The summed E-state index contributed by atoms with van der Waals surface area (Å²) >= 11 is 3.53. The number of carbonyl (C=O) groups excluding carboxylic acids is 1. The number of ether oxygens (including phenoxy) is 2. The van der Waals surface area contributed by atoms with E-state index in [0.29, 0.717) is 30.9 Å². The number of rotatable bonds is 8. The van der Waals surface area contributed by atoms with Crippen LogP contribution in [0.4, 0.5) is 0 Å². The molecular formula is C21H23BrN2O3. The molecule has 142 valence electrons. The standard InChI is InChI=1S/C21H23BrN2O3/c1-26-19-11-14(17(22)12-20(19)27-2)7-8-21(25)23-10-9-15-13-24-18-6-4-3-5-16(15)18/h3-6,11-13,24H,7-10H2,1-2H3,(H,23,25). The van der Waals surface area contributed by atoms with Crippen molar-refractivity contribution < 1.29 is 14.3 Å². The van der Waals surface area contributed by atoms with Gasteiger partial charge in [0.15, 0.2) is 11.5 Å². The second kappa shape index (κ2) is 8.95. The first kappa shape index (κ1) is 19.3. The predicted molar refractivity (Wildman–Crippen MR) is 111 cm³/mol. The monoisotopic (exact) mass is 430 g/mol. The lowest BCUT2D eigenvalue weighted by Gasteiger charge is -2.12. The molecule has 2 N–H and O–H groups in total. The van der Waals surface area contributed by atoms with Crippen LogP contribution in [-0.4, -0.2) is 31.7 Å². The van der Waals surface area contributed by atoms with Crippen LogP contribution < -0.4 is 14.8 Å². The summed E-state index contributed by atoms with van der Waals surface area (Å²) < 4.78 is 11.5. The molecule has 1 amide bonds. The van der Waals surface area contributed by atoms with Crippen LogP contribution in [0.3, 0.4) is 0 Å². The molecule has 0 atom stereocenters. The van der Waals surface area contributed by atoms with Crippen molar-refractivity contribution in [1.29, 1.82) is 0 Å². The molecule has 0 bridgehead atoms. The maximum absolute atomic E-state index is 12.2. The molecule has 1 aromatic heterocycles. The third-order valence-corrected chi connectivity index (χ3v) is 5.30. The summed E-state index contributed by atoms with van der Waals surface area (Å²) in [6.45, 7) is 0.619. The zero-order chi connectivity index (χ0) is 19.2. The number of aromatic amines is 1. The van der Waals surface area contributed by atoms with Gasteiger partial charge in [-0.2, -0.15) is 0 Å². The number of aryl methyl sites for hydroxylation is 1. The number of para-hydroxylation sites is 1. The van der Waals surface area contributed by atoms with Crippen molar-refractivity contribution in [1.82, 2.24) is 10.3 Å². The summed E-state index contributed by atoms with van der Waals surface area (Å²) in [6, 6.07) is 12.0. The Morgan fingerprint density at radius 2 is 1.81 bits per heavy atom. The summed E-state index contributed by atoms with van der Waals surface area (Å²) in [6.07, 6.45) is 3.86. The Hall–Kier alpha value is -2.47. The second-order valence-electron chi connectivity index (χ2n) is 6.26. The van der Waals surface area contributed by atoms with Crippen LogP contribution in [0.5, 0.6) is 11.5 Å². The Morgan fingerprint density at radius 3 is 2.59 bits per heavy atom. The minimum absolute atomic E-state index is 0.0385. The van der Waals surface area contributed by atoms with Crippen molar-refractivity contribution in [2.45, 2.75) is 19.3 Å². The van der Waals surface area contributed by atoms with E-state index >= 15 is 0 Å². The van der Waals surface area contributed by atoms with E-state index in [1.54, 1.807) is 14.2 Å². The number of carbonyl (C=O) groups is 1. The Balaban J connectivity index is 1.51. The smallest absolute Gasteiger partial charge is 0.220 e. The van der Waals surface area contributed by atoms with Crippen molar-refractivity contribution in [3.63, 3.8) is 0 Å². The minimum Gasteiger partial charge on any atom is -0.493 e. The first-order valence-corrected chi connectivity index (χ1v) is 9.63. The van der Waals surface area contributed by atoms with E-state index in [2.05, 4.69) is 38.4 Å². The van der Waals surface area contributed by atoms with Crippen molar-refractivity contribution >= 4 is 32.7 Å². The first-order valence-electron chi connectivity index (χ1n) is 8.84. The normalized spacial score (nSPS) is 10.8. The molecule has 0 saturated carbocycles. The van der Waals surface area contributed by atoms with Crippen LogP contribution in [0.1, 0.15) is 17.5 Å². The molecule has 2 aromatic carbocycles. The van der Waals surface area contributed by atoms with E-state index in [1.165, 1.54) is 10.9 Å². The van der Waals surface area contributed by atoms with E-state index in [1.807, 2.05) is 30.5 Å². The number of H-pyrrole nitrogens is 1. The lowest BCUT2D eigenvalue weighted by atomic mass is 10.1. The highest BCUT2D eigenvalue weighted by Crippen LogP contribution is 2.33. The zero-order valence-corrected chi connectivity index (χ0v) is 17.1. The molecule has 0 unspecified atom stereocenters. The average Bonchev–Trinajstić information content (AvgIpc) is 3.10. The number of methoxy groups -OCH3 is 2. The molecule has 0 saturated heterocycles. The topological polar surface area (TPSA) is 63.3 Å². The average molecular weight is 431 g/mol. The lowest BCUT2D eigenvalue weighted by Crippen LogP contribution is -2.25. The summed E-state index contributed by atoms with van der Waals surface area (Å²) in [7, 11) is 3.21. The number of halogens is 1. The third-order valence-electron chi connectivity index (χ3n) is 4.57. The Morgan fingerprint density at radius 1 is 1.07 bits per heavy atom. The molecule has 6 heteroatoms. The molecule has 0 aliphatic rings. The summed E-state index contributed by atoms with van der Waals surface area (Å²) in [5.74, 6) is 1.36. The van der Waals surface area contributed by atoms with Crippen LogP contribution in [-0.2, 0) is 17.6 Å². The largest absolute Gasteiger partial charge is 0.493 e. The Bertz CT molecular complexity index is 936. The van der Waals surface area contributed by atoms with Gasteiger partial charge < -0.3 is 19.8 Å². The number of hydrogen-bond acceptors (Lipinski definition) is 3. The van der Waals surface area contributed by atoms with Gasteiger partial charge in [-0.25, -0.2) is 0 Å². The molecule has 3 aromatic rings. The molecule has 0 aliphatic carbocycles. The highest BCUT2D eigenvalue weighted by atomic mass is 79.9. The molecule has 5 nitrogen and oxygen atoms in total. The Labute approximate surface area is 167 Å². The fourth-order valence-electron chi connectivity index (χ4n) is 3.10. The van der Waals surface area contributed by atoms with Gasteiger partial charge in [0.25, 0.3) is 0 Å². The van der Waals surface area contributed by atoms with Crippen molar-refractivity contribution in [2.24, 2.45) is 0 Å². The fraction of sp³-hybridized carbons (Fsp3) is 0.286. The minimum atomic E-state index is 0.0385. The van der Waals surface area contributed by atoms with Gasteiger partial charge in [-0.05, 0) is 42.2 Å². The van der Waals surface area contributed by atoms with Crippen molar-refractivity contribution in [3.8, 4) is 11.5 Å². The predicted octanol–water partition coefficient (Wildman–Crippen LogP) is 4.24. The summed E-state index contributed by atoms with van der Waals surface area (Å²) in [5.41, 5.74) is 3.35. The molecule has 1 heterocycles. The first-order chi connectivity index (χ1) is 13.1. The maximum atomic E-state index is 12.2. The number of aromatic nitrogens is 1. The second-order valence-corrected chi connectivity index (χ2v) is 7.11. The van der Waals surface area contributed by atoms with Gasteiger partial charge >= 0.3 is 0 Å². The molecule has 3 rings (SSSR count). The van der Waals surface area contributed by atoms with Gasteiger partial charge in [-0.3, -0.25) is 4.79 Å². The Kier molecular flexibility index (Phi) is 6.40. The SMILES string of the molecule is COc1cc(Br)c(CCC(=O)NCCc2c[nH]c3ccccc23)cc1OC. The maximum Gasteiger partial charge on any atom is 0.220 e. The zero-order valence-electron chi connectivity index (χ0n) is 15.5. The van der Waals surface area contributed by atoms with Crippen LogP contribution in [0.15, 0.2) is 47.1 Å². The van der Waals surface area contributed by atoms with Crippen LogP contribution in [0.2, 0.25) is 0 Å². The van der Waals surface area contributed by atoms with Gasteiger partial charge in [-0.1, -0.05) is 34.1 Å². The van der Waals surface area contributed by atoms with Gasteiger partial charge in [0.1, 0.15) is 0 Å². The summed E-state index contributed by atoms with van der Waals surface area (Å²) in [5, 5.41) is 4.21. The highest BCUT2D eigenvalue weighted by Gasteiger charge is 2.11. The molecule has 27 heavy (non-hydrogen) atoms. The number of hydrogen-bond donors (Lipinski definition) is 2. The van der Waals surface area contributed by atoms with Gasteiger partial charge in [0, 0.05) is 34.5 Å². The van der Waals surface area contributed by atoms with Gasteiger partial charge in [0.2, 0.25) is 5.91 Å². The number of amides is 1. The van der Waals surface area contributed by atoms with E-state index < -0.39 is 0 Å². The molecule has 0 radical (unpaired) electrons. The molecule has 0 fully saturated rings.